The number of ether oxygens (including phenoxy) is 2. The van der Waals surface area contributed by atoms with Gasteiger partial charge in [-0.15, -0.1) is 0 Å². The fourth-order valence-electron chi connectivity index (χ4n) is 5.10. The molecule has 6 nitrogen and oxygen atoms in total. The molecule has 0 unspecified atom stereocenters. The number of nitrogens with zero attached hydrogens (tertiary/aromatic N) is 2. The highest BCUT2D eigenvalue weighted by molar-refractivity contribution is 9.10. The number of amides is 2. The Bertz CT molecular complexity index is 1150. The van der Waals surface area contributed by atoms with Crippen LogP contribution in [0.15, 0.2) is 58.1 Å². The summed E-state index contributed by atoms with van der Waals surface area (Å²) in [5.41, 5.74) is 1.66. The minimum absolute atomic E-state index is 0.141. The number of imide groups is 1. The van der Waals surface area contributed by atoms with Gasteiger partial charge >= 0.3 is 0 Å². The zero-order valence-corrected chi connectivity index (χ0v) is 21.0. The van der Waals surface area contributed by atoms with Gasteiger partial charge in [0.25, 0.3) is 11.8 Å². The third-order valence-corrected chi connectivity index (χ3v) is 7.53. The Balaban J connectivity index is 1.35. The highest BCUT2D eigenvalue weighted by Crippen LogP contribution is 2.49. The second-order valence-corrected chi connectivity index (χ2v) is 10.0. The van der Waals surface area contributed by atoms with E-state index < -0.39 is 0 Å². The summed E-state index contributed by atoms with van der Waals surface area (Å²) in [5.74, 6) is 0.447. The number of carbonyl (C=O) groups is 2. The van der Waals surface area contributed by atoms with Crippen molar-refractivity contribution in [2.24, 2.45) is 28.8 Å². The van der Waals surface area contributed by atoms with E-state index in [0.29, 0.717) is 39.8 Å². The van der Waals surface area contributed by atoms with Gasteiger partial charge in [-0.3, -0.25) is 9.59 Å². The zero-order chi connectivity index (χ0) is 23.8. The first-order valence-electron chi connectivity index (χ1n) is 11.4. The maximum absolute atomic E-state index is 13.0. The number of hydrazone groups is 1. The summed E-state index contributed by atoms with van der Waals surface area (Å²) in [7, 11) is 0. The number of hydrogen-bond acceptors (Lipinski definition) is 5. The largest absolute Gasteiger partial charge is 0.490 e. The number of carbonyl (C=O) groups excluding carboxylic acids is 2. The van der Waals surface area contributed by atoms with E-state index in [0.717, 1.165) is 23.4 Å². The molecule has 1 saturated carbocycles. The van der Waals surface area contributed by atoms with Crippen LogP contribution in [0, 0.1) is 23.7 Å². The van der Waals surface area contributed by atoms with Crippen molar-refractivity contribution in [3.63, 3.8) is 0 Å². The molecule has 2 fully saturated rings. The number of halogens is 2. The third-order valence-electron chi connectivity index (χ3n) is 6.69. The van der Waals surface area contributed by atoms with Gasteiger partial charge in [-0.05, 0) is 82.9 Å². The van der Waals surface area contributed by atoms with Crippen LogP contribution in [0.3, 0.4) is 0 Å². The van der Waals surface area contributed by atoms with Gasteiger partial charge < -0.3 is 9.47 Å². The van der Waals surface area contributed by atoms with E-state index >= 15 is 0 Å². The zero-order valence-electron chi connectivity index (χ0n) is 18.6. The van der Waals surface area contributed by atoms with Crippen LogP contribution in [0.25, 0.3) is 0 Å². The van der Waals surface area contributed by atoms with Crippen molar-refractivity contribution >= 4 is 45.6 Å². The Kier molecular flexibility index (Phi) is 6.49. The second-order valence-electron chi connectivity index (χ2n) is 8.75. The maximum Gasteiger partial charge on any atom is 0.254 e. The van der Waals surface area contributed by atoms with E-state index in [1.165, 1.54) is 6.21 Å². The summed E-state index contributed by atoms with van der Waals surface area (Å²) in [4.78, 5) is 26.0. The predicted octanol–water partition coefficient (Wildman–Crippen LogP) is 5.61. The first kappa shape index (κ1) is 23.1. The second kappa shape index (κ2) is 9.55. The standard InChI is InChI=1S/C26H24BrClN2O4/c1-2-33-21-12-16(11-20(27)24(21)34-14-15-3-9-19(28)10-4-15)13-29-30-25(31)22-17-5-6-18(8-7-17)23(22)26(30)32/h3-6,9-13,17-18,22-23H,2,7-8,14H2,1H3/b29-13-/t17-,18+,22-,23+. The van der Waals surface area contributed by atoms with Crippen LogP contribution >= 0.6 is 27.5 Å². The quantitative estimate of drug-likeness (QED) is 0.259. The van der Waals surface area contributed by atoms with Crippen molar-refractivity contribution in [2.45, 2.75) is 26.4 Å². The fraction of sp³-hybridized carbons (Fsp3) is 0.346. The van der Waals surface area contributed by atoms with Crippen molar-refractivity contribution in [3.05, 3.63) is 69.2 Å². The molecule has 3 aliphatic carbocycles. The number of fused-ring (bicyclic) bond motifs is 1. The molecule has 1 heterocycles. The molecule has 2 bridgehead atoms. The van der Waals surface area contributed by atoms with Crippen molar-refractivity contribution in [2.75, 3.05) is 6.61 Å². The first-order chi connectivity index (χ1) is 16.5. The van der Waals surface area contributed by atoms with Crippen LogP contribution in [0.2, 0.25) is 5.02 Å². The molecule has 4 aliphatic rings. The molecule has 1 saturated heterocycles. The molecule has 0 spiro atoms. The maximum atomic E-state index is 13.0. The Morgan fingerprint density at radius 3 is 2.29 bits per heavy atom. The van der Waals surface area contributed by atoms with E-state index in [9.17, 15) is 9.59 Å². The van der Waals surface area contributed by atoms with Gasteiger partial charge in [0.05, 0.1) is 29.1 Å². The molecular weight excluding hydrogens is 520 g/mol. The van der Waals surface area contributed by atoms with Gasteiger partial charge in [0.1, 0.15) is 6.61 Å². The molecule has 1 aliphatic heterocycles. The molecule has 2 aromatic carbocycles. The molecule has 6 rings (SSSR count). The minimum Gasteiger partial charge on any atom is -0.490 e. The molecule has 0 radical (unpaired) electrons. The van der Waals surface area contributed by atoms with Gasteiger partial charge in [-0.1, -0.05) is 35.9 Å². The lowest BCUT2D eigenvalue weighted by atomic mass is 9.63. The van der Waals surface area contributed by atoms with Crippen molar-refractivity contribution in [3.8, 4) is 11.5 Å². The van der Waals surface area contributed by atoms with Crippen molar-refractivity contribution in [1.29, 1.82) is 0 Å². The summed E-state index contributed by atoms with van der Waals surface area (Å²) in [5, 5.41) is 6.03. The van der Waals surface area contributed by atoms with Crippen LogP contribution in [0.5, 0.6) is 11.5 Å². The summed E-state index contributed by atoms with van der Waals surface area (Å²) in [6, 6.07) is 11.1. The Labute approximate surface area is 211 Å². The van der Waals surface area contributed by atoms with Crippen LogP contribution < -0.4 is 9.47 Å². The summed E-state index contributed by atoms with van der Waals surface area (Å²) in [6.07, 6.45) is 7.64. The number of benzene rings is 2. The molecule has 176 valence electrons. The van der Waals surface area contributed by atoms with Gasteiger partial charge in [0.15, 0.2) is 11.5 Å². The van der Waals surface area contributed by atoms with Crippen LogP contribution in [0.1, 0.15) is 30.9 Å². The lowest BCUT2D eigenvalue weighted by Crippen LogP contribution is -2.38. The molecule has 34 heavy (non-hydrogen) atoms. The van der Waals surface area contributed by atoms with Gasteiger partial charge in [-0.2, -0.15) is 10.1 Å². The van der Waals surface area contributed by atoms with E-state index in [4.69, 9.17) is 21.1 Å². The smallest absolute Gasteiger partial charge is 0.254 e. The highest BCUT2D eigenvalue weighted by Gasteiger charge is 2.56. The number of rotatable bonds is 7. The van der Waals surface area contributed by atoms with Crippen molar-refractivity contribution in [1.82, 2.24) is 5.01 Å². The van der Waals surface area contributed by atoms with E-state index in [1.807, 2.05) is 37.3 Å². The lowest BCUT2D eigenvalue weighted by molar-refractivity contribution is -0.140. The SMILES string of the molecule is CCOc1cc(/C=N\N2C(=O)[C@@H]3[C@H](C2=O)[C@@H]2C=C[C@H]3CC2)cc(Br)c1OCc1ccc(Cl)cc1. The fourth-order valence-corrected chi connectivity index (χ4v) is 5.80. The van der Waals surface area contributed by atoms with E-state index in [-0.39, 0.29) is 35.5 Å². The van der Waals surface area contributed by atoms with E-state index in [2.05, 4.69) is 33.2 Å². The number of hydrogen-bond donors (Lipinski definition) is 0. The Hall–Kier alpha value is -2.64. The molecule has 0 aromatic heterocycles. The van der Waals surface area contributed by atoms with Crippen LogP contribution in [0.4, 0.5) is 0 Å². The summed E-state index contributed by atoms with van der Waals surface area (Å²) in [6.45, 7) is 2.69. The Morgan fingerprint density at radius 1 is 1.06 bits per heavy atom. The highest BCUT2D eigenvalue weighted by atomic mass is 79.9. The Morgan fingerprint density at radius 2 is 1.71 bits per heavy atom. The van der Waals surface area contributed by atoms with Crippen LogP contribution in [-0.4, -0.2) is 29.6 Å². The summed E-state index contributed by atoms with van der Waals surface area (Å²) >= 11 is 9.52. The third kappa shape index (κ3) is 4.27. The predicted molar refractivity (Wildman–Crippen MR) is 133 cm³/mol. The van der Waals surface area contributed by atoms with Gasteiger partial charge in [0, 0.05) is 5.02 Å². The minimum atomic E-state index is -0.275. The van der Waals surface area contributed by atoms with Gasteiger partial charge in [0.2, 0.25) is 0 Å². The average molecular weight is 544 g/mol. The molecule has 4 atom stereocenters. The molecule has 8 heteroatoms. The normalized spacial score (nSPS) is 25.3. The van der Waals surface area contributed by atoms with Crippen LogP contribution in [-0.2, 0) is 16.2 Å². The monoisotopic (exact) mass is 542 g/mol. The number of allylic oxidation sites excluding steroid dienone is 2. The summed E-state index contributed by atoms with van der Waals surface area (Å²) < 4.78 is 12.5. The molecular formula is C26H24BrClN2O4. The van der Waals surface area contributed by atoms with Crippen molar-refractivity contribution < 1.29 is 19.1 Å². The molecule has 2 aromatic rings. The molecule has 2 amide bonds. The topological polar surface area (TPSA) is 68.2 Å². The lowest BCUT2D eigenvalue weighted by Gasteiger charge is -2.37. The van der Waals surface area contributed by atoms with E-state index in [1.54, 1.807) is 6.07 Å². The first-order valence-corrected chi connectivity index (χ1v) is 12.6. The average Bonchev–Trinajstić information content (AvgIpc) is 3.11. The molecule has 0 N–H and O–H groups in total. The van der Waals surface area contributed by atoms with Gasteiger partial charge in [-0.25, -0.2) is 0 Å².